The van der Waals surface area contributed by atoms with Crippen molar-refractivity contribution in [3.8, 4) is 5.88 Å². The SMILES string of the molecule is [2H]c1nc(Br)nc(OC([2H])([2H])[2H])c1[2H]. The number of nitrogens with zero attached hydrogens (tertiary/aromatic N) is 2. The molecular weight excluding hydrogens is 184 g/mol. The standard InChI is InChI=1S/C5H5BrN2O/c1-9-4-2-3-7-5(6)8-4/h2-3H,1H3/i1D3,2D,3D. The Morgan fingerprint density at radius 1 is 2.00 bits per heavy atom. The molecule has 0 aliphatic heterocycles. The molecule has 3 nitrogen and oxygen atoms in total. The van der Waals surface area contributed by atoms with E-state index in [1.807, 2.05) is 0 Å². The highest BCUT2D eigenvalue weighted by atomic mass is 79.9. The maximum absolute atomic E-state index is 7.26. The Morgan fingerprint density at radius 3 is 3.67 bits per heavy atom. The minimum atomic E-state index is -2.68. The lowest BCUT2D eigenvalue weighted by atomic mass is 10.6. The molecule has 1 heterocycles. The van der Waals surface area contributed by atoms with E-state index >= 15 is 0 Å². The Bertz CT molecular complexity index is 355. The van der Waals surface area contributed by atoms with Crippen LogP contribution in [0.1, 0.15) is 6.85 Å². The molecule has 0 saturated carbocycles. The fourth-order valence-corrected chi connectivity index (χ4v) is 0.557. The molecule has 4 heteroatoms. The summed E-state index contributed by atoms with van der Waals surface area (Å²) in [5, 5.41) is 0. The summed E-state index contributed by atoms with van der Waals surface area (Å²) in [5.41, 5.74) is 0. The summed E-state index contributed by atoms with van der Waals surface area (Å²) in [5.74, 6) is -0.433. The van der Waals surface area contributed by atoms with Gasteiger partial charge in [-0.1, -0.05) is 0 Å². The van der Waals surface area contributed by atoms with Crippen molar-refractivity contribution in [3.05, 3.63) is 16.9 Å². The molecule has 0 saturated heterocycles. The lowest BCUT2D eigenvalue weighted by Gasteiger charge is -1.94. The number of aromatic nitrogens is 2. The lowest BCUT2D eigenvalue weighted by Crippen LogP contribution is -1.88. The zero-order valence-electron chi connectivity index (χ0n) is 9.18. The van der Waals surface area contributed by atoms with Crippen molar-refractivity contribution in [2.24, 2.45) is 0 Å². The fourth-order valence-electron chi connectivity index (χ4n) is 0.307. The van der Waals surface area contributed by atoms with Gasteiger partial charge in [-0.2, -0.15) is 4.98 Å². The number of ether oxygens (including phenoxy) is 1. The average molecular weight is 194 g/mol. The fraction of sp³-hybridized carbons (Fsp3) is 0.200. The third-order valence-electron chi connectivity index (χ3n) is 0.601. The number of hydrogen-bond acceptors (Lipinski definition) is 3. The van der Waals surface area contributed by atoms with E-state index in [4.69, 9.17) is 6.85 Å². The summed E-state index contributed by atoms with van der Waals surface area (Å²) in [6.07, 6.45) is -0.397. The van der Waals surface area contributed by atoms with Crippen LogP contribution in [-0.4, -0.2) is 17.0 Å². The molecule has 0 aliphatic carbocycles. The summed E-state index contributed by atoms with van der Waals surface area (Å²) in [6.45, 7) is 0. The topological polar surface area (TPSA) is 35.0 Å². The molecule has 1 rings (SSSR count). The van der Waals surface area contributed by atoms with Crippen LogP contribution in [0.5, 0.6) is 5.88 Å². The Balaban J connectivity index is 3.09. The van der Waals surface area contributed by atoms with Crippen LogP contribution < -0.4 is 4.74 Å². The van der Waals surface area contributed by atoms with Gasteiger partial charge in [-0.3, -0.25) is 0 Å². The van der Waals surface area contributed by atoms with Gasteiger partial charge in [0.15, 0.2) is 4.73 Å². The second-order valence-corrected chi connectivity index (χ2v) is 1.85. The molecule has 0 spiro atoms. The van der Waals surface area contributed by atoms with Crippen LogP contribution in [0.4, 0.5) is 0 Å². The zero-order chi connectivity index (χ0) is 10.9. The van der Waals surface area contributed by atoms with E-state index in [1.54, 1.807) is 0 Å². The zero-order valence-corrected chi connectivity index (χ0v) is 5.77. The van der Waals surface area contributed by atoms with E-state index in [0.29, 0.717) is 0 Å². The van der Waals surface area contributed by atoms with Gasteiger partial charge in [0.05, 0.1) is 13.9 Å². The molecule has 0 atom stereocenters. The van der Waals surface area contributed by atoms with E-state index in [1.165, 1.54) is 0 Å². The van der Waals surface area contributed by atoms with Crippen molar-refractivity contribution in [1.82, 2.24) is 9.97 Å². The molecule has 0 unspecified atom stereocenters. The van der Waals surface area contributed by atoms with Crippen LogP contribution in [0, 0.1) is 0 Å². The second-order valence-electron chi connectivity index (χ2n) is 1.14. The Labute approximate surface area is 68.2 Å². The first-order valence-electron chi connectivity index (χ1n) is 4.49. The van der Waals surface area contributed by atoms with Crippen molar-refractivity contribution in [3.63, 3.8) is 0 Å². The van der Waals surface area contributed by atoms with Crippen LogP contribution in [0.15, 0.2) is 16.9 Å². The number of hydrogen-bond donors (Lipinski definition) is 0. The molecule has 0 aliphatic rings. The quantitative estimate of drug-likeness (QED) is 0.631. The Kier molecular flexibility index (Phi) is 0.782. The first-order valence-corrected chi connectivity index (χ1v) is 2.78. The highest BCUT2D eigenvalue weighted by molar-refractivity contribution is 9.10. The van der Waals surface area contributed by atoms with Crippen molar-refractivity contribution < 1.29 is 11.6 Å². The predicted octanol–water partition coefficient (Wildman–Crippen LogP) is 1.25. The van der Waals surface area contributed by atoms with Gasteiger partial charge < -0.3 is 4.74 Å². The Morgan fingerprint density at radius 2 is 2.89 bits per heavy atom. The third kappa shape index (κ3) is 1.64. The van der Waals surface area contributed by atoms with E-state index in [-0.39, 0.29) is 4.73 Å². The first-order chi connectivity index (χ1) is 6.29. The van der Waals surface area contributed by atoms with Crippen molar-refractivity contribution in [2.75, 3.05) is 7.04 Å². The molecule has 48 valence electrons. The van der Waals surface area contributed by atoms with Gasteiger partial charge in [-0.25, -0.2) is 4.98 Å². The van der Waals surface area contributed by atoms with Gasteiger partial charge >= 0.3 is 0 Å². The van der Waals surface area contributed by atoms with E-state index < -0.39 is 25.1 Å². The van der Waals surface area contributed by atoms with Gasteiger partial charge in [0.1, 0.15) is 0 Å². The van der Waals surface area contributed by atoms with Crippen molar-refractivity contribution >= 4 is 15.9 Å². The van der Waals surface area contributed by atoms with Crippen LogP contribution >= 0.6 is 15.9 Å². The minimum absolute atomic E-state index is 0.0118. The van der Waals surface area contributed by atoms with Crippen molar-refractivity contribution in [1.29, 1.82) is 0 Å². The van der Waals surface area contributed by atoms with Crippen LogP contribution in [-0.2, 0) is 0 Å². The van der Waals surface area contributed by atoms with Crippen LogP contribution in [0.3, 0.4) is 0 Å². The second kappa shape index (κ2) is 2.77. The lowest BCUT2D eigenvalue weighted by molar-refractivity contribution is 0.395. The predicted molar refractivity (Wildman–Crippen MR) is 36.3 cm³/mol. The number of halogens is 1. The number of methoxy groups -OCH3 is 1. The molecule has 0 fully saturated rings. The minimum Gasteiger partial charge on any atom is -0.481 e. The summed E-state index contributed by atoms with van der Waals surface area (Å²) >= 11 is 2.87. The Hall–Kier alpha value is -0.640. The molecule has 0 bridgehead atoms. The highest BCUT2D eigenvalue weighted by Crippen LogP contribution is 2.07. The molecule has 0 aromatic carbocycles. The van der Waals surface area contributed by atoms with E-state index in [2.05, 4.69) is 30.6 Å². The summed E-state index contributed by atoms with van der Waals surface area (Å²) < 4.78 is 39.3. The van der Waals surface area contributed by atoms with Gasteiger partial charge in [0, 0.05) is 12.2 Å². The monoisotopic (exact) mass is 193 g/mol. The van der Waals surface area contributed by atoms with Gasteiger partial charge in [-0.05, 0) is 15.9 Å². The molecule has 1 aromatic heterocycles. The molecule has 0 amide bonds. The van der Waals surface area contributed by atoms with Gasteiger partial charge in [0.25, 0.3) is 0 Å². The third-order valence-corrected chi connectivity index (χ3v) is 0.956. The summed E-state index contributed by atoms with van der Waals surface area (Å²) in [6, 6.07) is -0.454. The van der Waals surface area contributed by atoms with Crippen molar-refractivity contribution in [2.45, 2.75) is 0 Å². The highest BCUT2D eigenvalue weighted by Gasteiger charge is 1.91. The van der Waals surface area contributed by atoms with E-state index in [9.17, 15) is 0 Å². The van der Waals surface area contributed by atoms with Gasteiger partial charge in [-0.15, -0.1) is 0 Å². The summed E-state index contributed by atoms with van der Waals surface area (Å²) in [7, 11) is -2.68. The molecule has 0 N–H and O–H groups in total. The van der Waals surface area contributed by atoms with E-state index in [0.717, 1.165) is 0 Å². The summed E-state index contributed by atoms with van der Waals surface area (Å²) in [4.78, 5) is 7.02. The van der Waals surface area contributed by atoms with Gasteiger partial charge in [0.2, 0.25) is 5.88 Å². The molecular formula is C5H5BrN2O. The molecule has 1 aromatic rings. The average Bonchev–Trinajstić information content (AvgIpc) is 1.96. The normalized spacial score (nSPS) is 18.6. The maximum atomic E-state index is 7.26. The number of rotatable bonds is 1. The first kappa shape index (κ1) is 2.54. The molecule has 9 heavy (non-hydrogen) atoms. The molecule has 0 radical (unpaired) electrons. The largest absolute Gasteiger partial charge is 0.481 e. The smallest absolute Gasteiger partial charge is 0.216 e. The van der Waals surface area contributed by atoms with Crippen LogP contribution in [0.2, 0.25) is 0 Å². The van der Waals surface area contributed by atoms with Crippen LogP contribution in [0.25, 0.3) is 0 Å². The maximum Gasteiger partial charge on any atom is 0.216 e.